The van der Waals surface area contributed by atoms with Crippen LogP contribution in [0.1, 0.15) is 25.3 Å². The number of rotatable bonds is 5. The monoisotopic (exact) mass is 377 g/mol. The highest BCUT2D eigenvalue weighted by molar-refractivity contribution is 5.77. The molecule has 2 aromatic heterocycles. The van der Waals surface area contributed by atoms with E-state index < -0.39 is 12.1 Å². The first kappa shape index (κ1) is 17.9. The van der Waals surface area contributed by atoms with E-state index in [1.165, 1.54) is 12.8 Å². The molecule has 3 aromatic rings. The maximum Gasteiger partial charge on any atom is 0.405 e. The zero-order valence-corrected chi connectivity index (χ0v) is 15.3. The summed E-state index contributed by atoms with van der Waals surface area (Å²) < 4.78 is 11.6. The zero-order chi connectivity index (χ0) is 19.5. The van der Waals surface area contributed by atoms with Crippen LogP contribution >= 0.6 is 0 Å². The summed E-state index contributed by atoms with van der Waals surface area (Å²) in [7, 11) is 0. The number of nitrogens with zero attached hydrogens (tertiary/aromatic N) is 2. The fourth-order valence-corrected chi connectivity index (χ4v) is 2.61. The van der Waals surface area contributed by atoms with Crippen LogP contribution in [0.15, 0.2) is 40.9 Å². The summed E-state index contributed by atoms with van der Waals surface area (Å²) in [5.74, 6) is 7.59. The van der Waals surface area contributed by atoms with Crippen molar-refractivity contribution in [3.63, 3.8) is 0 Å². The van der Waals surface area contributed by atoms with E-state index in [9.17, 15) is 4.79 Å². The minimum Gasteiger partial charge on any atom is -0.493 e. The molecule has 0 unspecified atom stereocenters. The Hall–Kier alpha value is -3.53. The Labute approximate surface area is 161 Å². The molecule has 7 heteroatoms. The number of aromatic nitrogens is 2. The van der Waals surface area contributed by atoms with Crippen molar-refractivity contribution in [2.24, 2.45) is 5.92 Å². The standard InChI is InChI=1S/C21H19N3O4/c1-13(23-21(25)26)2-3-14-6-8-18(22-11-14)20-24-17-9-7-16(10-19(17)28-20)27-12-15-4-5-15/h6-11,13,15,23H,4-5,12H2,1H3,(H,25,26)/t13-/m0/s1. The van der Waals surface area contributed by atoms with Gasteiger partial charge in [-0.1, -0.05) is 11.8 Å². The van der Waals surface area contributed by atoms with Crippen LogP contribution in [0.25, 0.3) is 22.7 Å². The lowest BCUT2D eigenvalue weighted by Gasteiger charge is -2.03. The highest BCUT2D eigenvalue weighted by Gasteiger charge is 2.22. The average molecular weight is 377 g/mol. The first-order valence-electron chi connectivity index (χ1n) is 9.07. The van der Waals surface area contributed by atoms with Crippen LogP contribution in [0.5, 0.6) is 5.75 Å². The number of hydrogen-bond acceptors (Lipinski definition) is 5. The molecule has 1 saturated carbocycles. The number of carbonyl (C=O) groups is 1. The third-order valence-corrected chi connectivity index (χ3v) is 4.30. The quantitative estimate of drug-likeness (QED) is 0.658. The van der Waals surface area contributed by atoms with E-state index in [0.717, 1.165) is 17.9 Å². The SMILES string of the molecule is C[C@@H](C#Cc1ccc(-c2nc3ccc(OCC4CC4)cc3o2)nc1)NC(=O)O. The lowest BCUT2D eigenvalue weighted by atomic mass is 10.2. The second-order valence-corrected chi connectivity index (χ2v) is 6.78. The van der Waals surface area contributed by atoms with Crippen LogP contribution in [0, 0.1) is 17.8 Å². The largest absolute Gasteiger partial charge is 0.493 e. The van der Waals surface area contributed by atoms with Crippen LogP contribution in [0.2, 0.25) is 0 Å². The van der Waals surface area contributed by atoms with Gasteiger partial charge in [-0.15, -0.1) is 0 Å². The predicted molar refractivity (Wildman–Crippen MR) is 103 cm³/mol. The van der Waals surface area contributed by atoms with Crippen molar-refractivity contribution in [3.05, 3.63) is 42.1 Å². The molecular formula is C21H19N3O4. The summed E-state index contributed by atoms with van der Waals surface area (Å²) >= 11 is 0. The van der Waals surface area contributed by atoms with Gasteiger partial charge in [0.2, 0.25) is 5.89 Å². The number of hydrogen-bond donors (Lipinski definition) is 2. The molecule has 0 spiro atoms. The van der Waals surface area contributed by atoms with Crippen LogP contribution in [0.3, 0.4) is 0 Å². The molecule has 1 aromatic carbocycles. The molecule has 1 atom stereocenters. The van der Waals surface area contributed by atoms with Gasteiger partial charge in [0, 0.05) is 17.8 Å². The molecule has 7 nitrogen and oxygen atoms in total. The smallest absolute Gasteiger partial charge is 0.405 e. The highest BCUT2D eigenvalue weighted by Crippen LogP contribution is 2.31. The Morgan fingerprint density at radius 3 is 2.96 bits per heavy atom. The van der Waals surface area contributed by atoms with Gasteiger partial charge in [0.15, 0.2) is 5.58 Å². The van der Waals surface area contributed by atoms with Crippen molar-refractivity contribution in [2.75, 3.05) is 6.61 Å². The number of pyridine rings is 1. The van der Waals surface area contributed by atoms with Crippen molar-refractivity contribution in [1.29, 1.82) is 0 Å². The van der Waals surface area contributed by atoms with Gasteiger partial charge in [-0.2, -0.15) is 0 Å². The molecule has 2 N–H and O–H groups in total. The molecule has 1 amide bonds. The average Bonchev–Trinajstić information content (AvgIpc) is 3.41. The van der Waals surface area contributed by atoms with Crippen molar-refractivity contribution >= 4 is 17.2 Å². The molecule has 1 fully saturated rings. The van der Waals surface area contributed by atoms with Crippen molar-refractivity contribution in [3.8, 4) is 29.2 Å². The summed E-state index contributed by atoms with van der Waals surface area (Å²) in [5, 5.41) is 10.9. The summed E-state index contributed by atoms with van der Waals surface area (Å²) in [5.41, 5.74) is 2.67. The minimum absolute atomic E-state index is 0.426. The number of nitrogens with one attached hydrogen (secondary N) is 1. The van der Waals surface area contributed by atoms with E-state index in [1.54, 1.807) is 25.3 Å². The number of amides is 1. The molecule has 4 rings (SSSR count). The Kier molecular flexibility index (Phi) is 4.85. The highest BCUT2D eigenvalue weighted by atomic mass is 16.5. The number of oxazole rings is 1. The van der Waals surface area contributed by atoms with Crippen molar-refractivity contribution in [2.45, 2.75) is 25.8 Å². The van der Waals surface area contributed by atoms with Gasteiger partial charge in [0.05, 0.1) is 12.6 Å². The van der Waals surface area contributed by atoms with Gasteiger partial charge in [-0.05, 0) is 49.9 Å². The van der Waals surface area contributed by atoms with Crippen molar-refractivity contribution in [1.82, 2.24) is 15.3 Å². The molecular weight excluding hydrogens is 358 g/mol. The molecule has 28 heavy (non-hydrogen) atoms. The maximum atomic E-state index is 10.6. The summed E-state index contributed by atoms with van der Waals surface area (Å²) in [6.07, 6.45) is 2.99. The Morgan fingerprint density at radius 2 is 2.25 bits per heavy atom. The Balaban J connectivity index is 1.48. The van der Waals surface area contributed by atoms with Crippen molar-refractivity contribution < 1.29 is 19.1 Å². The van der Waals surface area contributed by atoms with E-state index >= 15 is 0 Å². The normalized spacial score (nSPS) is 14.2. The van der Waals surface area contributed by atoms with Gasteiger partial charge >= 0.3 is 6.09 Å². The molecule has 0 bridgehead atoms. The van der Waals surface area contributed by atoms with Gasteiger partial charge in [0.1, 0.15) is 17.0 Å². The molecule has 0 aliphatic heterocycles. The molecule has 1 aliphatic carbocycles. The third-order valence-electron chi connectivity index (χ3n) is 4.30. The van der Waals surface area contributed by atoms with Crippen LogP contribution in [-0.4, -0.2) is 33.8 Å². The molecule has 142 valence electrons. The third kappa shape index (κ3) is 4.41. The van der Waals surface area contributed by atoms with Crippen LogP contribution < -0.4 is 10.1 Å². The van der Waals surface area contributed by atoms with E-state index in [1.807, 2.05) is 18.2 Å². The molecule has 0 saturated heterocycles. The summed E-state index contributed by atoms with van der Waals surface area (Å²) in [6.45, 7) is 2.42. The first-order valence-corrected chi connectivity index (χ1v) is 9.07. The maximum absolute atomic E-state index is 10.6. The molecule has 1 aliphatic rings. The van der Waals surface area contributed by atoms with Gasteiger partial charge in [-0.3, -0.25) is 0 Å². The molecule has 0 radical (unpaired) electrons. The summed E-state index contributed by atoms with van der Waals surface area (Å²) in [4.78, 5) is 19.4. The molecule has 2 heterocycles. The van der Waals surface area contributed by atoms with Gasteiger partial charge < -0.3 is 19.6 Å². The van der Waals surface area contributed by atoms with E-state index in [4.69, 9.17) is 14.3 Å². The number of fused-ring (bicyclic) bond motifs is 1. The van der Waals surface area contributed by atoms with Gasteiger partial charge in [0.25, 0.3) is 0 Å². The van der Waals surface area contributed by atoms with E-state index in [0.29, 0.717) is 28.6 Å². The topological polar surface area (TPSA) is 97.5 Å². The van der Waals surface area contributed by atoms with E-state index in [2.05, 4.69) is 27.1 Å². The zero-order valence-electron chi connectivity index (χ0n) is 15.3. The minimum atomic E-state index is -1.10. The van der Waals surface area contributed by atoms with Crippen LogP contribution in [0.4, 0.5) is 4.79 Å². The summed E-state index contributed by atoms with van der Waals surface area (Å²) in [6, 6.07) is 8.73. The van der Waals surface area contributed by atoms with E-state index in [-0.39, 0.29) is 0 Å². The Morgan fingerprint density at radius 1 is 1.39 bits per heavy atom. The van der Waals surface area contributed by atoms with Gasteiger partial charge in [-0.25, -0.2) is 14.8 Å². The lowest BCUT2D eigenvalue weighted by Crippen LogP contribution is -2.29. The second-order valence-electron chi connectivity index (χ2n) is 6.78. The number of ether oxygens (including phenoxy) is 1. The fraction of sp³-hybridized carbons (Fsp3) is 0.286. The fourth-order valence-electron chi connectivity index (χ4n) is 2.61. The lowest BCUT2D eigenvalue weighted by molar-refractivity contribution is 0.193. The Bertz CT molecular complexity index is 1060. The second kappa shape index (κ2) is 7.61. The first-order chi connectivity index (χ1) is 13.6. The predicted octanol–water partition coefficient (Wildman–Crippen LogP) is 3.69. The number of carboxylic acid groups (broad SMARTS) is 1. The number of benzene rings is 1. The van der Waals surface area contributed by atoms with Crippen LogP contribution in [-0.2, 0) is 0 Å².